The Kier molecular flexibility index (Phi) is 2.13. The van der Waals surface area contributed by atoms with Gasteiger partial charge in [0, 0.05) is 12.2 Å². The van der Waals surface area contributed by atoms with Crippen LogP contribution in [0.2, 0.25) is 0 Å². The first-order chi connectivity index (χ1) is 6.25. The van der Waals surface area contributed by atoms with Crippen molar-refractivity contribution < 1.29 is 4.74 Å². The van der Waals surface area contributed by atoms with Gasteiger partial charge in [-0.15, -0.1) is 0 Å². The molecule has 13 heavy (non-hydrogen) atoms. The zero-order valence-electron chi connectivity index (χ0n) is 8.13. The van der Waals surface area contributed by atoms with Crippen molar-refractivity contribution >= 4 is 5.69 Å². The molecule has 1 N–H and O–H groups in total. The van der Waals surface area contributed by atoms with E-state index < -0.39 is 0 Å². The van der Waals surface area contributed by atoms with Gasteiger partial charge in [-0.2, -0.15) is 0 Å². The Hall–Kier alpha value is -1.18. The maximum atomic E-state index is 5.61. The molecule has 0 saturated carbocycles. The Morgan fingerprint density at radius 3 is 3.00 bits per heavy atom. The van der Waals surface area contributed by atoms with Crippen LogP contribution in [0.4, 0.5) is 5.69 Å². The smallest absolute Gasteiger partial charge is 0.120 e. The molecule has 1 heterocycles. The molecule has 1 aliphatic heterocycles. The standard InChI is InChI=1S/C11H15NO/c1-8(2)13-10-3-4-11-9(7-10)5-6-12-11/h3-4,7-8,12H,5-6H2,1-2H3. The summed E-state index contributed by atoms with van der Waals surface area (Å²) in [4.78, 5) is 0. The Bertz CT molecular complexity index is 307. The molecule has 1 aliphatic rings. The van der Waals surface area contributed by atoms with Crippen LogP contribution in [0.5, 0.6) is 5.75 Å². The Balaban J connectivity index is 2.21. The van der Waals surface area contributed by atoms with Crippen LogP contribution in [-0.4, -0.2) is 12.6 Å². The first-order valence-electron chi connectivity index (χ1n) is 4.79. The quantitative estimate of drug-likeness (QED) is 0.749. The van der Waals surface area contributed by atoms with Crippen molar-refractivity contribution in [1.82, 2.24) is 0 Å². The van der Waals surface area contributed by atoms with Gasteiger partial charge < -0.3 is 10.1 Å². The van der Waals surface area contributed by atoms with Crippen LogP contribution >= 0.6 is 0 Å². The summed E-state index contributed by atoms with van der Waals surface area (Å²) in [7, 11) is 0. The Labute approximate surface area is 78.9 Å². The van der Waals surface area contributed by atoms with Crippen molar-refractivity contribution in [2.75, 3.05) is 11.9 Å². The summed E-state index contributed by atoms with van der Waals surface area (Å²) >= 11 is 0. The number of benzene rings is 1. The molecule has 1 aromatic carbocycles. The second-order valence-corrected chi connectivity index (χ2v) is 3.66. The lowest BCUT2D eigenvalue weighted by Gasteiger charge is -2.10. The highest BCUT2D eigenvalue weighted by Crippen LogP contribution is 2.26. The van der Waals surface area contributed by atoms with Gasteiger partial charge >= 0.3 is 0 Å². The van der Waals surface area contributed by atoms with Crippen LogP contribution in [0.1, 0.15) is 19.4 Å². The van der Waals surface area contributed by atoms with E-state index >= 15 is 0 Å². The lowest BCUT2D eigenvalue weighted by atomic mass is 10.1. The summed E-state index contributed by atoms with van der Waals surface area (Å²) in [5, 5.41) is 3.33. The minimum Gasteiger partial charge on any atom is -0.491 e. The number of anilines is 1. The molecule has 0 radical (unpaired) electrons. The maximum Gasteiger partial charge on any atom is 0.120 e. The molecule has 0 atom stereocenters. The predicted octanol–water partition coefficient (Wildman–Crippen LogP) is 2.44. The molecule has 0 amide bonds. The summed E-state index contributed by atoms with van der Waals surface area (Å²) in [6.45, 7) is 5.15. The minimum atomic E-state index is 0.257. The normalized spacial score (nSPS) is 14.1. The van der Waals surface area contributed by atoms with Crippen molar-refractivity contribution in [2.45, 2.75) is 26.4 Å². The zero-order valence-corrected chi connectivity index (χ0v) is 8.13. The summed E-state index contributed by atoms with van der Waals surface area (Å²) in [5.41, 5.74) is 2.63. The van der Waals surface area contributed by atoms with Gasteiger partial charge in [0.1, 0.15) is 5.75 Å². The first kappa shape index (κ1) is 8.42. The molecule has 0 unspecified atom stereocenters. The number of rotatable bonds is 2. The van der Waals surface area contributed by atoms with Gasteiger partial charge in [-0.05, 0) is 44.0 Å². The molecular formula is C11H15NO. The Morgan fingerprint density at radius 1 is 1.38 bits per heavy atom. The van der Waals surface area contributed by atoms with Crippen LogP contribution in [0.3, 0.4) is 0 Å². The van der Waals surface area contributed by atoms with Crippen molar-refractivity contribution in [2.24, 2.45) is 0 Å². The molecular weight excluding hydrogens is 162 g/mol. The van der Waals surface area contributed by atoms with Gasteiger partial charge in [-0.1, -0.05) is 0 Å². The topological polar surface area (TPSA) is 21.3 Å². The molecule has 0 bridgehead atoms. The second-order valence-electron chi connectivity index (χ2n) is 3.66. The van der Waals surface area contributed by atoms with Gasteiger partial charge in [-0.3, -0.25) is 0 Å². The molecule has 0 spiro atoms. The average molecular weight is 177 g/mol. The second kappa shape index (κ2) is 3.29. The summed E-state index contributed by atoms with van der Waals surface area (Å²) in [6.07, 6.45) is 1.37. The number of hydrogen-bond donors (Lipinski definition) is 1. The molecule has 0 aromatic heterocycles. The van der Waals surface area contributed by atoms with Crippen LogP contribution in [0.25, 0.3) is 0 Å². The molecule has 0 aliphatic carbocycles. The van der Waals surface area contributed by atoms with Gasteiger partial charge in [0.25, 0.3) is 0 Å². The fourth-order valence-corrected chi connectivity index (χ4v) is 1.63. The summed E-state index contributed by atoms with van der Waals surface area (Å²) in [5.74, 6) is 0.984. The van der Waals surface area contributed by atoms with Crippen molar-refractivity contribution in [3.63, 3.8) is 0 Å². The molecule has 0 fully saturated rings. The van der Waals surface area contributed by atoms with E-state index in [1.807, 2.05) is 19.9 Å². The van der Waals surface area contributed by atoms with E-state index in [1.54, 1.807) is 0 Å². The van der Waals surface area contributed by atoms with E-state index in [0.717, 1.165) is 18.7 Å². The zero-order chi connectivity index (χ0) is 9.26. The third kappa shape index (κ3) is 1.77. The molecule has 2 nitrogen and oxygen atoms in total. The minimum absolute atomic E-state index is 0.257. The monoisotopic (exact) mass is 177 g/mol. The molecule has 2 rings (SSSR count). The largest absolute Gasteiger partial charge is 0.491 e. The van der Waals surface area contributed by atoms with Crippen molar-refractivity contribution in [3.8, 4) is 5.75 Å². The SMILES string of the molecule is CC(C)Oc1ccc2c(c1)CCN2. The van der Waals surface area contributed by atoms with E-state index in [0.29, 0.717) is 0 Å². The third-order valence-corrected chi connectivity index (χ3v) is 2.16. The van der Waals surface area contributed by atoms with E-state index in [1.165, 1.54) is 11.3 Å². The van der Waals surface area contributed by atoms with Crippen LogP contribution in [0, 0.1) is 0 Å². The number of fused-ring (bicyclic) bond motifs is 1. The van der Waals surface area contributed by atoms with Crippen LogP contribution in [0.15, 0.2) is 18.2 Å². The highest BCUT2D eigenvalue weighted by atomic mass is 16.5. The molecule has 70 valence electrons. The number of nitrogens with one attached hydrogen (secondary N) is 1. The fourth-order valence-electron chi connectivity index (χ4n) is 1.63. The molecule has 2 heteroatoms. The first-order valence-corrected chi connectivity index (χ1v) is 4.79. The van der Waals surface area contributed by atoms with Gasteiger partial charge in [0.15, 0.2) is 0 Å². The van der Waals surface area contributed by atoms with Gasteiger partial charge in [-0.25, -0.2) is 0 Å². The molecule has 1 aromatic rings. The summed E-state index contributed by atoms with van der Waals surface area (Å²) in [6, 6.07) is 6.26. The summed E-state index contributed by atoms with van der Waals surface area (Å²) < 4.78 is 5.61. The maximum absolute atomic E-state index is 5.61. The van der Waals surface area contributed by atoms with Crippen LogP contribution < -0.4 is 10.1 Å². The Morgan fingerprint density at radius 2 is 2.23 bits per heavy atom. The van der Waals surface area contributed by atoms with E-state index in [-0.39, 0.29) is 6.10 Å². The van der Waals surface area contributed by atoms with E-state index in [4.69, 9.17) is 4.74 Å². The van der Waals surface area contributed by atoms with Crippen molar-refractivity contribution in [1.29, 1.82) is 0 Å². The van der Waals surface area contributed by atoms with E-state index in [9.17, 15) is 0 Å². The van der Waals surface area contributed by atoms with Gasteiger partial charge in [0.05, 0.1) is 6.10 Å². The lowest BCUT2D eigenvalue weighted by Crippen LogP contribution is -2.05. The number of hydrogen-bond acceptors (Lipinski definition) is 2. The highest BCUT2D eigenvalue weighted by Gasteiger charge is 2.10. The average Bonchev–Trinajstić information content (AvgIpc) is 2.49. The lowest BCUT2D eigenvalue weighted by molar-refractivity contribution is 0.242. The fraction of sp³-hybridized carbons (Fsp3) is 0.455. The van der Waals surface area contributed by atoms with Crippen molar-refractivity contribution in [3.05, 3.63) is 23.8 Å². The van der Waals surface area contributed by atoms with Crippen LogP contribution in [-0.2, 0) is 6.42 Å². The van der Waals surface area contributed by atoms with Gasteiger partial charge in [0.2, 0.25) is 0 Å². The molecule has 0 saturated heterocycles. The highest BCUT2D eigenvalue weighted by molar-refractivity contribution is 5.57. The number of ether oxygens (including phenoxy) is 1. The van der Waals surface area contributed by atoms with E-state index in [2.05, 4.69) is 17.4 Å². The predicted molar refractivity (Wildman–Crippen MR) is 54.4 cm³/mol. The third-order valence-electron chi connectivity index (χ3n) is 2.16.